The summed E-state index contributed by atoms with van der Waals surface area (Å²) in [6.45, 7) is 1.60. The third-order valence-corrected chi connectivity index (χ3v) is 4.50. The van der Waals surface area contributed by atoms with E-state index in [4.69, 9.17) is 0 Å². The second kappa shape index (κ2) is 7.40. The smallest absolute Gasteiger partial charge is 0.222 e. The predicted molar refractivity (Wildman–Crippen MR) is 86.3 cm³/mol. The van der Waals surface area contributed by atoms with Gasteiger partial charge in [-0.1, -0.05) is 18.2 Å². The molecule has 23 heavy (non-hydrogen) atoms. The molecule has 0 spiro atoms. The molecule has 1 amide bonds. The van der Waals surface area contributed by atoms with Gasteiger partial charge in [0.2, 0.25) is 5.91 Å². The minimum atomic E-state index is -0.226. The second-order valence-electron chi connectivity index (χ2n) is 6.23. The van der Waals surface area contributed by atoms with E-state index in [1.54, 1.807) is 18.3 Å². The van der Waals surface area contributed by atoms with Gasteiger partial charge in [0.1, 0.15) is 5.82 Å². The lowest BCUT2D eigenvalue weighted by atomic mass is 9.93. The molecule has 1 aromatic heterocycles. The molecule has 0 aliphatic carbocycles. The molecule has 0 unspecified atom stereocenters. The van der Waals surface area contributed by atoms with E-state index in [0.29, 0.717) is 24.3 Å². The highest BCUT2D eigenvalue weighted by Crippen LogP contribution is 2.21. The number of nitrogens with one attached hydrogen (secondary N) is 1. The first-order chi connectivity index (χ1) is 11.2. The Labute approximate surface area is 135 Å². The Hall–Kier alpha value is -2.17. The van der Waals surface area contributed by atoms with Crippen molar-refractivity contribution in [1.82, 2.24) is 15.1 Å². The van der Waals surface area contributed by atoms with Crippen LogP contribution >= 0.6 is 0 Å². The first kappa shape index (κ1) is 15.7. The molecular formula is C18H22FN3O. The summed E-state index contributed by atoms with van der Waals surface area (Å²) in [5, 5.41) is 6.96. The Balaban J connectivity index is 1.51. The lowest BCUT2D eigenvalue weighted by Crippen LogP contribution is -2.40. The van der Waals surface area contributed by atoms with Crippen molar-refractivity contribution in [3.8, 4) is 0 Å². The number of amides is 1. The zero-order valence-electron chi connectivity index (χ0n) is 13.2. The number of carbonyl (C=O) groups is 1. The van der Waals surface area contributed by atoms with Crippen molar-refractivity contribution in [1.29, 1.82) is 0 Å². The van der Waals surface area contributed by atoms with Gasteiger partial charge in [-0.3, -0.25) is 9.89 Å². The fourth-order valence-corrected chi connectivity index (χ4v) is 3.27. The van der Waals surface area contributed by atoms with E-state index >= 15 is 0 Å². The van der Waals surface area contributed by atoms with Crippen LogP contribution in [0.3, 0.4) is 0 Å². The number of aromatic nitrogens is 2. The molecule has 4 nitrogen and oxygen atoms in total. The fraction of sp³-hybridized carbons (Fsp3) is 0.444. The molecule has 1 atom stereocenters. The predicted octanol–water partition coefficient (Wildman–Crippen LogP) is 2.96. The number of likely N-dealkylation sites (tertiary alicyclic amines) is 1. The van der Waals surface area contributed by atoms with Crippen molar-refractivity contribution in [2.75, 3.05) is 13.1 Å². The van der Waals surface area contributed by atoms with Crippen molar-refractivity contribution >= 4 is 5.91 Å². The molecule has 1 aromatic carbocycles. The van der Waals surface area contributed by atoms with Gasteiger partial charge in [0.25, 0.3) is 0 Å². The normalized spacial score (nSPS) is 18.1. The summed E-state index contributed by atoms with van der Waals surface area (Å²) in [5.74, 6) is 0.375. The van der Waals surface area contributed by atoms with E-state index in [1.807, 2.05) is 17.0 Å². The molecule has 1 aliphatic heterocycles. The summed E-state index contributed by atoms with van der Waals surface area (Å²) in [6.07, 6.45) is 5.69. The summed E-state index contributed by atoms with van der Waals surface area (Å²) in [4.78, 5) is 14.3. The Bertz CT molecular complexity index is 641. The quantitative estimate of drug-likeness (QED) is 0.922. The van der Waals surface area contributed by atoms with Crippen molar-refractivity contribution in [3.63, 3.8) is 0 Å². The second-order valence-corrected chi connectivity index (χ2v) is 6.23. The first-order valence-electron chi connectivity index (χ1n) is 8.22. The molecule has 5 heteroatoms. The van der Waals surface area contributed by atoms with Gasteiger partial charge < -0.3 is 4.90 Å². The zero-order chi connectivity index (χ0) is 16.1. The number of benzene rings is 1. The minimum Gasteiger partial charge on any atom is -0.342 e. The van der Waals surface area contributed by atoms with Crippen LogP contribution in [-0.4, -0.2) is 34.1 Å². The van der Waals surface area contributed by atoms with Gasteiger partial charge in [0.15, 0.2) is 0 Å². The maximum absolute atomic E-state index is 13.6. The van der Waals surface area contributed by atoms with E-state index in [9.17, 15) is 9.18 Å². The maximum atomic E-state index is 13.6. The molecule has 1 N–H and O–H groups in total. The topological polar surface area (TPSA) is 49.0 Å². The number of aryl methyl sites for hydroxylation is 1. The van der Waals surface area contributed by atoms with Crippen LogP contribution < -0.4 is 0 Å². The Morgan fingerprint density at radius 2 is 2.22 bits per heavy atom. The Kier molecular flexibility index (Phi) is 5.05. The standard InChI is InChI=1S/C18H22FN3O/c19-17-6-2-1-5-15(17)7-8-18(23)22-11-3-4-14(13-22)12-16-9-10-20-21-16/h1-2,5-6,9-10,14H,3-4,7-8,11-13H2,(H,20,21)/t14-/m0/s1. The van der Waals surface area contributed by atoms with Gasteiger partial charge in [0.05, 0.1) is 0 Å². The van der Waals surface area contributed by atoms with Crippen LogP contribution in [0.25, 0.3) is 0 Å². The molecule has 0 saturated carbocycles. The molecule has 0 radical (unpaired) electrons. The largest absolute Gasteiger partial charge is 0.342 e. The van der Waals surface area contributed by atoms with Crippen molar-refractivity contribution in [2.24, 2.45) is 5.92 Å². The maximum Gasteiger partial charge on any atom is 0.222 e. The molecule has 0 bridgehead atoms. The summed E-state index contributed by atoms with van der Waals surface area (Å²) in [5.41, 5.74) is 1.74. The van der Waals surface area contributed by atoms with Gasteiger partial charge in [-0.2, -0.15) is 5.10 Å². The van der Waals surface area contributed by atoms with Gasteiger partial charge in [-0.15, -0.1) is 0 Å². The van der Waals surface area contributed by atoms with Crippen LogP contribution in [-0.2, 0) is 17.6 Å². The third kappa shape index (κ3) is 4.18. The highest BCUT2D eigenvalue weighted by Gasteiger charge is 2.24. The Morgan fingerprint density at radius 3 is 3.00 bits per heavy atom. The number of H-pyrrole nitrogens is 1. The molecule has 1 aliphatic rings. The van der Waals surface area contributed by atoms with Gasteiger partial charge in [0, 0.05) is 31.4 Å². The van der Waals surface area contributed by atoms with Crippen LogP contribution in [0.1, 0.15) is 30.5 Å². The first-order valence-corrected chi connectivity index (χ1v) is 8.22. The molecule has 3 rings (SSSR count). The van der Waals surface area contributed by atoms with Gasteiger partial charge in [-0.05, 0) is 49.3 Å². The van der Waals surface area contributed by atoms with Gasteiger partial charge >= 0.3 is 0 Å². The lowest BCUT2D eigenvalue weighted by molar-refractivity contribution is -0.133. The van der Waals surface area contributed by atoms with E-state index < -0.39 is 0 Å². The van der Waals surface area contributed by atoms with E-state index in [-0.39, 0.29) is 11.7 Å². The van der Waals surface area contributed by atoms with E-state index in [2.05, 4.69) is 10.2 Å². The number of nitrogens with zero attached hydrogens (tertiary/aromatic N) is 2. The van der Waals surface area contributed by atoms with E-state index in [0.717, 1.165) is 38.0 Å². The van der Waals surface area contributed by atoms with Crippen molar-refractivity contribution in [3.05, 3.63) is 53.6 Å². The van der Waals surface area contributed by atoms with Crippen LogP contribution in [0, 0.1) is 11.7 Å². The zero-order valence-corrected chi connectivity index (χ0v) is 13.2. The highest BCUT2D eigenvalue weighted by atomic mass is 19.1. The highest BCUT2D eigenvalue weighted by molar-refractivity contribution is 5.76. The van der Waals surface area contributed by atoms with Gasteiger partial charge in [-0.25, -0.2) is 4.39 Å². The van der Waals surface area contributed by atoms with Crippen molar-refractivity contribution in [2.45, 2.75) is 32.1 Å². The summed E-state index contributed by atoms with van der Waals surface area (Å²) < 4.78 is 13.6. The number of piperidine rings is 1. The molecule has 1 fully saturated rings. The SMILES string of the molecule is O=C(CCc1ccccc1F)N1CCC[C@@H](Cc2ccn[nH]2)C1. The average Bonchev–Trinajstić information content (AvgIpc) is 3.07. The molecule has 2 heterocycles. The summed E-state index contributed by atoms with van der Waals surface area (Å²) >= 11 is 0. The number of aromatic amines is 1. The van der Waals surface area contributed by atoms with Crippen LogP contribution in [0.15, 0.2) is 36.5 Å². The molecule has 122 valence electrons. The summed E-state index contributed by atoms with van der Waals surface area (Å²) in [7, 11) is 0. The monoisotopic (exact) mass is 315 g/mol. The Morgan fingerprint density at radius 1 is 1.35 bits per heavy atom. The van der Waals surface area contributed by atoms with Crippen LogP contribution in [0.5, 0.6) is 0 Å². The van der Waals surface area contributed by atoms with Crippen LogP contribution in [0.4, 0.5) is 4.39 Å². The molecule has 1 saturated heterocycles. The van der Waals surface area contributed by atoms with E-state index in [1.165, 1.54) is 6.07 Å². The fourth-order valence-electron chi connectivity index (χ4n) is 3.27. The number of hydrogen-bond donors (Lipinski definition) is 1. The third-order valence-electron chi connectivity index (χ3n) is 4.50. The summed E-state index contributed by atoms with van der Waals surface area (Å²) in [6, 6.07) is 8.66. The van der Waals surface area contributed by atoms with Crippen LogP contribution in [0.2, 0.25) is 0 Å². The number of rotatable bonds is 5. The number of halogens is 1. The number of hydrogen-bond acceptors (Lipinski definition) is 2. The van der Waals surface area contributed by atoms with Crippen molar-refractivity contribution < 1.29 is 9.18 Å². The lowest BCUT2D eigenvalue weighted by Gasteiger charge is -2.32. The minimum absolute atomic E-state index is 0.127. The molecule has 2 aromatic rings. The average molecular weight is 315 g/mol. The molecular weight excluding hydrogens is 293 g/mol. The number of carbonyl (C=O) groups excluding carboxylic acids is 1.